The fourth-order valence-electron chi connectivity index (χ4n) is 2.54. The van der Waals surface area contributed by atoms with Crippen LogP contribution >= 0.6 is 0 Å². The normalized spacial score (nSPS) is 18.7. The minimum Gasteiger partial charge on any atom is -0.459 e. The van der Waals surface area contributed by atoms with Gasteiger partial charge in [0.2, 0.25) is 11.8 Å². The van der Waals surface area contributed by atoms with E-state index in [0.29, 0.717) is 13.0 Å². The Morgan fingerprint density at radius 2 is 1.76 bits per heavy atom. The fraction of sp³-hybridized carbons (Fsp3) is 0.778. The number of imide groups is 1. The highest BCUT2D eigenvalue weighted by Crippen LogP contribution is 2.19. The third kappa shape index (κ3) is 7.34. The molecule has 0 aliphatic carbocycles. The van der Waals surface area contributed by atoms with E-state index in [0.717, 1.165) is 6.42 Å². The monoisotopic (exact) mass is 353 g/mol. The molecule has 1 unspecified atom stereocenters. The van der Waals surface area contributed by atoms with E-state index >= 15 is 0 Å². The molecule has 1 fully saturated rings. The van der Waals surface area contributed by atoms with Gasteiger partial charge in [-0.1, -0.05) is 20.8 Å². The molecule has 142 valence electrons. The Labute approximate surface area is 150 Å². The number of likely N-dealkylation sites (tertiary alicyclic amines) is 1. The lowest BCUT2D eigenvalue weighted by atomic mass is 9.88. The van der Waals surface area contributed by atoms with Crippen LogP contribution in [0.1, 0.15) is 60.8 Å². The van der Waals surface area contributed by atoms with Gasteiger partial charge in [-0.3, -0.25) is 24.6 Å². The van der Waals surface area contributed by atoms with E-state index in [1.54, 1.807) is 25.7 Å². The average Bonchev–Trinajstić information content (AvgIpc) is 2.82. The molecule has 1 rings (SSSR count). The minimum absolute atomic E-state index is 0.0291. The van der Waals surface area contributed by atoms with Crippen LogP contribution in [0.25, 0.3) is 0 Å². The molecular formula is C18H31N3O4. The standard InChI is InChI=1S/C18H31N3O4/c1-17(2,3)13(19)10-14(22)20-16(24)12-8-7-9-21(12)11-15(23)25-18(4,5)6/h12,19H,7-11H2,1-6H3,(H,20,22,24). The summed E-state index contributed by atoms with van der Waals surface area (Å²) in [5, 5.41) is 10.3. The van der Waals surface area contributed by atoms with Gasteiger partial charge in [0.1, 0.15) is 5.60 Å². The Morgan fingerprint density at radius 3 is 2.28 bits per heavy atom. The summed E-state index contributed by atoms with van der Waals surface area (Å²) in [5.74, 6) is -1.27. The molecule has 25 heavy (non-hydrogen) atoms. The number of esters is 1. The minimum atomic E-state index is -0.572. The molecule has 1 aliphatic rings. The molecule has 0 spiro atoms. The van der Waals surface area contributed by atoms with Crippen molar-refractivity contribution in [3.63, 3.8) is 0 Å². The highest BCUT2D eigenvalue weighted by Gasteiger charge is 2.34. The lowest BCUT2D eigenvalue weighted by molar-refractivity contribution is -0.156. The van der Waals surface area contributed by atoms with E-state index in [1.165, 1.54) is 0 Å². The second-order valence-electron chi connectivity index (χ2n) is 8.53. The van der Waals surface area contributed by atoms with Crippen molar-refractivity contribution in [2.75, 3.05) is 13.1 Å². The van der Waals surface area contributed by atoms with Crippen molar-refractivity contribution in [2.24, 2.45) is 5.41 Å². The number of hydrogen-bond acceptors (Lipinski definition) is 6. The molecule has 0 aromatic rings. The summed E-state index contributed by atoms with van der Waals surface area (Å²) in [4.78, 5) is 38.1. The highest BCUT2D eigenvalue weighted by atomic mass is 16.6. The zero-order valence-corrected chi connectivity index (χ0v) is 16.2. The van der Waals surface area contributed by atoms with Crippen LogP contribution < -0.4 is 5.32 Å². The molecule has 2 N–H and O–H groups in total. The van der Waals surface area contributed by atoms with Crippen LogP contribution in [0.5, 0.6) is 0 Å². The SMILES string of the molecule is CC(C)(C)OC(=O)CN1CCCC1C(=O)NC(=O)CC(=N)C(C)(C)C. The van der Waals surface area contributed by atoms with Crippen molar-refractivity contribution >= 4 is 23.5 Å². The van der Waals surface area contributed by atoms with E-state index in [-0.39, 0.29) is 24.6 Å². The van der Waals surface area contributed by atoms with Crippen LogP contribution in [0.2, 0.25) is 0 Å². The Kier molecular flexibility index (Phi) is 6.88. The molecule has 7 nitrogen and oxygen atoms in total. The summed E-state index contributed by atoms with van der Waals surface area (Å²) in [6.07, 6.45) is 1.28. The number of carbonyl (C=O) groups excluding carboxylic acids is 3. The van der Waals surface area contributed by atoms with Crippen molar-refractivity contribution < 1.29 is 19.1 Å². The van der Waals surface area contributed by atoms with Gasteiger partial charge in [-0.2, -0.15) is 0 Å². The van der Waals surface area contributed by atoms with Gasteiger partial charge in [-0.25, -0.2) is 0 Å². The number of nitrogens with zero attached hydrogens (tertiary/aromatic N) is 1. The summed E-state index contributed by atoms with van der Waals surface area (Å²) in [6.45, 7) is 11.6. The Bertz CT molecular complexity index is 544. The first-order valence-corrected chi connectivity index (χ1v) is 8.67. The van der Waals surface area contributed by atoms with Crippen LogP contribution in [0.3, 0.4) is 0 Å². The molecule has 0 saturated carbocycles. The van der Waals surface area contributed by atoms with Gasteiger partial charge in [0, 0.05) is 11.1 Å². The molecule has 0 aromatic heterocycles. The number of nitrogens with one attached hydrogen (secondary N) is 2. The molecular weight excluding hydrogens is 322 g/mol. The Balaban J connectivity index is 2.57. The maximum atomic E-state index is 12.4. The van der Waals surface area contributed by atoms with Crippen molar-refractivity contribution in [1.29, 1.82) is 5.41 Å². The van der Waals surface area contributed by atoms with Gasteiger partial charge in [0.25, 0.3) is 0 Å². The van der Waals surface area contributed by atoms with Crippen LogP contribution in [-0.2, 0) is 19.1 Å². The Morgan fingerprint density at radius 1 is 1.16 bits per heavy atom. The van der Waals surface area contributed by atoms with E-state index in [9.17, 15) is 14.4 Å². The zero-order valence-electron chi connectivity index (χ0n) is 16.2. The molecule has 7 heteroatoms. The average molecular weight is 353 g/mol. The summed E-state index contributed by atoms with van der Waals surface area (Å²) < 4.78 is 5.29. The molecule has 1 saturated heterocycles. The van der Waals surface area contributed by atoms with E-state index < -0.39 is 28.9 Å². The van der Waals surface area contributed by atoms with Crippen molar-refractivity contribution in [2.45, 2.75) is 72.4 Å². The van der Waals surface area contributed by atoms with Crippen LogP contribution in [0.15, 0.2) is 0 Å². The van der Waals surface area contributed by atoms with Crippen molar-refractivity contribution in [3.05, 3.63) is 0 Å². The van der Waals surface area contributed by atoms with Gasteiger partial charge in [-0.15, -0.1) is 0 Å². The van der Waals surface area contributed by atoms with Crippen LogP contribution in [0.4, 0.5) is 0 Å². The number of amides is 2. The summed E-state index contributed by atoms with van der Waals surface area (Å²) in [5.41, 5.74) is -0.705. The molecule has 1 atom stereocenters. The van der Waals surface area contributed by atoms with Gasteiger partial charge in [0.15, 0.2) is 0 Å². The quantitative estimate of drug-likeness (QED) is 0.581. The zero-order chi connectivity index (χ0) is 19.4. The van der Waals surface area contributed by atoms with Crippen LogP contribution in [-0.4, -0.2) is 53.1 Å². The Hall–Kier alpha value is -1.76. The molecule has 0 radical (unpaired) electrons. The van der Waals surface area contributed by atoms with Gasteiger partial charge >= 0.3 is 5.97 Å². The maximum absolute atomic E-state index is 12.4. The van der Waals surface area contributed by atoms with Gasteiger partial charge in [0.05, 0.1) is 19.0 Å². The second-order valence-corrected chi connectivity index (χ2v) is 8.53. The van der Waals surface area contributed by atoms with Gasteiger partial charge < -0.3 is 10.1 Å². The molecule has 1 heterocycles. The largest absolute Gasteiger partial charge is 0.459 e. The lowest BCUT2D eigenvalue weighted by Crippen LogP contribution is -2.48. The molecule has 2 amide bonds. The van der Waals surface area contributed by atoms with Gasteiger partial charge in [-0.05, 0) is 40.2 Å². The fourth-order valence-corrected chi connectivity index (χ4v) is 2.54. The first-order valence-electron chi connectivity index (χ1n) is 8.67. The predicted octanol–water partition coefficient (Wildman–Crippen LogP) is 1.89. The van der Waals surface area contributed by atoms with E-state index in [1.807, 2.05) is 20.8 Å². The van der Waals surface area contributed by atoms with Crippen molar-refractivity contribution in [1.82, 2.24) is 10.2 Å². The van der Waals surface area contributed by atoms with Crippen LogP contribution in [0, 0.1) is 10.8 Å². The first-order chi connectivity index (χ1) is 11.3. The number of rotatable bonds is 5. The third-order valence-electron chi connectivity index (χ3n) is 3.92. The molecule has 0 bridgehead atoms. The summed E-state index contributed by atoms with van der Waals surface area (Å²) in [7, 11) is 0. The molecule has 0 aromatic carbocycles. The topological polar surface area (TPSA) is 99.6 Å². The maximum Gasteiger partial charge on any atom is 0.320 e. The van der Waals surface area contributed by atoms with Crippen molar-refractivity contribution in [3.8, 4) is 0 Å². The smallest absolute Gasteiger partial charge is 0.320 e. The number of carbonyl (C=O) groups is 3. The molecule has 1 aliphatic heterocycles. The third-order valence-corrected chi connectivity index (χ3v) is 3.92. The predicted molar refractivity (Wildman–Crippen MR) is 95.4 cm³/mol. The second kappa shape index (κ2) is 8.08. The summed E-state index contributed by atoms with van der Waals surface area (Å²) >= 11 is 0. The highest BCUT2D eigenvalue weighted by molar-refractivity contribution is 6.07. The first kappa shape index (κ1) is 21.3. The van der Waals surface area contributed by atoms with E-state index in [2.05, 4.69) is 5.32 Å². The number of hydrogen-bond donors (Lipinski definition) is 2. The number of ether oxygens (including phenoxy) is 1. The van der Waals surface area contributed by atoms with E-state index in [4.69, 9.17) is 10.1 Å². The summed E-state index contributed by atoms with van der Waals surface area (Å²) in [6, 6.07) is -0.514. The lowest BCUT2D eigenvalue weighted by Gasteiger charge is -2.25.